The van der Waals surface area contributed by atoms with Gasteiger partial charge >= 0.3 is 0 Å². The molecule has 32 heavy (non-hydrogen) atoms. The lowest BCUT2D eigenvalue weighted by molar-refractivity contribution is -0.385. The minimum Gasteiger partial charge on any atom is -0.493 e. The van der Waals surface area contributed by atoms with E-state index in [1.54, 1.807) is 11.0 Å². The van der Waals surface area contributed by atoms with E-state index in [9.17, 15) is 19.7 Å². The van der Waals surface area contributed by atoms with Gasteiger partial charge in [0, 0.05) is 30.8 Å². The summed E-state index contributed by atoms with van der Waals surface area (Å²) >= 11 is 0. The van der Waals surface area contributed by atoms with Crippen LogP contribution >= 0.6 is 0 Å². The Balaban J connectivity index is 1.64. The molecule has 9 nitrogen and oxygen atoms in total. The summed E-state index contributed by atoms with van der Waals surface area (Å²) < 4.78 is 10.4. The fraction of sp³-hybridized carbons (Fsp3) is 0.391. The molecule has 0 spiro atoms. The molecule has 0 aliphatic carbocycles. The van der Waals surface area contributed by atoms with Crippen molar-refractivity contribution in [1.29, 1.82) is 0 Å². The van der Waals surface area contributed by atoms with E-state index in [2.05, 4.69) is 5.32 Å². The number of nitro groups is 1. The molecule has 170 valence electrons. The van der Waals surface area contributed by atoms with Crippen LogP contribution in [0.15, 0.2) is 36.4 Å². The van der Waals surface area contributed by atoms with Crippen LogP contribution in [0.5, 0.6) is 11.5 Å². The highest BCUT2D eigenvalue weighted by Crippen LogP contribution is 2.34. The third-order valence-electron chi connectivity index (χ3n) is 5.63. The lowest BCUT2D eigenvalue weighted by Crippen LogP contribution is -2.34. The van der Waals surface area contributed by atoms with Gasteiger partial charge in [0.1, 0.15) is 0 Å². The molecule has 0 aromatic heterocycles. The van der Waals surface area contributed by atoms with Gasteiger partial charge in [-0.1, -0.05) is 25.1 Å². The summed E-state index contributed by atoms with van der Waals surface area (Å²) in [4.78, 5) is 37.8. The maximum absolute atomic E-state index is 12.7. The Bertz CT molecular complexity index is 1020. The molecule has 2 aromatic rings. The first kappa shape index (κ1) is 23.1. The number of hydrogen-bond acceptors (Lipinski definition) is 6. The summed E-state index contributed by atoms with van der Waals surface area (Å²) in [6.07, 6.45) is 1.17. The molecule has 1 unspecified atom stereocenters. The van der Waals surface area contributed by atoms with Crippen LogP contribution in [0.4, 0.5) is 11.4 Å². The number of rotatable bonds is 9. The Morgan fingerprint density at radius 3 is 2.53 bits per heavy atom. The van der Waals surface area contributed by atoms with Gasteiger partial charge in [0.2, 0.25) is 11.8 Å². The monoisotopic (exact) mass is 441 g/mol. The van der Waals surface area contributed by atoms with E-state index in [0.29, 0.717) is 17.9 Å². The third-order valence-corrected chi connectivity index (χ3v) is 5.63. The second-order valence-electron chi connectivity index (χ2n) is 7.52. The zero-order valence-corrected chi connectivity index (χ0v) is 18.4. The van der Waals surface area contributed by atoms with Crippen molar-refractivity contribution in [3.8, 4) is 11.5 Å². The highest BCUT2D eigenvalue weighted by atomic mass is 16.6. The van der Waals surface area contributed by atoms with Gasteiger partial charge in [0.05, 0.1) is 31.1 Å². The largest absolute Gasteiger partial charge is 0.493 e. The Kier molecular flexibility index (Phi) is 7.29. The van der Waals surface area contributed by atoms with Gasteiger partial charge in [-0.15, -0.1) is 0 Å². The fourth-order valence-electron chi connectivity index (χ4n) is 3.93. The molecule has 2 amide bonds. The molecule has 2 aromatic carbocycles. The maximum atomic E-state index is 12.7. The van der Waals surface area contributed by atoms with Crippen LogP contribution in [-0.4, -0.2) is 44.0 Å². The average molecular weight is 441 g/mol. The highest BCUT2D eigenvalue weighted by molar-refractivity contribution is 6.00. The lowest BCUT2D eigenvalue weighted by Gasteiger charge is -2.20. The second-order valence-corrected chi connectivity index (χ2v) is 7.52. The zero-order chi connectivity index (χ0) is 23.3. The Hall–Kier alpha value is -3.62. The zero-order valence-electron chi connectivity index (χ0n) is 18.4. The fourth-order valence-corrected chi connectivity index (χ4v) is 3.93. The number of benzene rings is 2. The SMILES string of the molecule is CCc1ccccc1N1CC(C(=O)NCCc2cc(OC)c(OC)cc2[N+](=O)[O-])CC1=O. The van der Waals surface area contributed by atoms with Crippen LogP contribution in [-0.2, 0) is 22.4 Å². The minimum atomic E-state index is -0.488. The normalized spacial score (nSPS) is 15.5. The van der Waals surface area contributed by atoms with Crippen molar-refractivity contribution in [2.24, 2.45) is 5.92 Å². The van der Waals surface area contributed by atoms with Crippen molar-refractivity contribution in [2.75, 3.05) is 32.2 Å². The molecule has 1 saturated heterocycles. The summed E-state index contributed by atoms with van der Waals surface area (Å²) in [5.74, 6) is -0.137. The summed E-state index contributed by atoms with van der Waals surface area (Å²) in [5, 5.41) is 14.2. The molecule has 1 atom stereocenters. The molecular formula is C23H27N3O6. The van der Waals surface area contributed by atoms with Crippen molar-refractivity contribution >= 4 is 23.2 Å². The van der Waals surface area contributed by atoms with E-state index < -0.39 is 10.8 Å². The summed E-state index contributed by atoms with van der Waals surface area (Å²) in [6, 6.07) is 10.5. The molecule has 1 aliphatic rings. The first-order chi connectivity index (χ1) is 15.4. The van der Waals surface area contributed by atoms with Gasteiger partial charge in [0.15, 0.2) is 11.5 Å². The quantitative estimate of drug-likeness (QED) is 0.473. The van der Waals surface area contributed by atoms with E-state index in [0.717, 1.165) is 17.7 Å². The molecule has 1 N–H and O–H groups in total. The van der Waals surface area contributed by atoms with Crippen LogP contribution in [0, 0.1) is 16.0 Å². The number of aryl methyl sites for hydroxylation is 1. The number of para-hydroxylation sites is 1. The predicted octanol–water partition coefficient (Wildman–Crippen LogP) is 2.89. The third kappa shape index (κ3) is 4.82. The van der Waals surface area contributed by atoms with Crippen molar-refractivity contribution in [2.45, 2.75) is 26.2 Å². The van der Waals surface area contributed by atoms with E-state index in [1.165, 1.54) is 20.3 Å². The van der Waals surface area contributed by atoms with Crippen LogP contribution in [0.2, 0.25) is 0 Å². The Morgan fingerprint density at radius 2 is 1.88 bits per heavy atom. The number of nitro benzene ring substituents is 1. The molecule has 0 radical (unpaired) electrons. The van der Waals surface area contributed by atoms with Crippen LogP contribution in [0.3, 0.4) is 0 Å². The summed E-state index contributed by atoms with van der Waals surface area (Å²) in [6.45, 7) is 2.54. The Labute approximate surface area is 186 Å². The number of ether oxygens (including phenoxy) is 2. The first-order valence-electron chi connectivity index (χ1n) is 10.4. The molecule has 9 heteroatoms. The summed E-state index contributed by atoms with van der Waals surface area (Å²) in [5.41, 5.74) is 2.23. The maximum Gasteiger partial charge on any atom is 0.276 e. The summed E-state index contributed by atoms with van der Waals surface area (Å²) in [7, 11) is 2.86. The number of anilines is 1. The van der Waals surface area contributed by atoms with Gasteiger partial charge < -0.3 is 19.7 Å². The highest BCUT2D eigenvalue weighted by Gasteiger charge is 2.35. The van der Waals surface area contributed by atoms with E-state index in [1.807, 2.05) is 31.2 Å². The Morgan fingerprint density at radius 1 is 1.19 bits per heavy atom. The van der Waals surface area contributed by atoms with Crippen molar-refractivity contribution in [3.63, 3.8) is 0 Å². The standard InChI is InChI=1S/C23H27N3O6/c1-4-15-7-5-6-8-18(15)25-14-17(12-22(25)27)23(28)24-10-9-16-11-20(31-2)21(32-3)13-19(16)26(29)30/h5-8,11,13,17H,4,9-10,12,14H2,1-3H3,(H,24,28). The van der Waals surface area contributed by atoms with Gasteiger partial charge in [-0.25, -0.2) is 0 Å². The van der Waals surface area contributed by atoms with E-state index in [-0.39, 0.29) is 42.6 Å². The number of amides is 2. The molecule has 1 heterocycles. The van der Waals surface area contributed by atoms with Crippen LogP contribution in [0.1, 0.15) is 24.5 Å². The minimum absolute atomic E-state index is 0.0819. The van der Waals surface area contributed by atoms with Crippen molar-refractivity contribution < 1.29 is 24.0 Å². The van der Waals surface area contributed by atoms with Crippen LogP contribution in [0.25, 0.3) is 0 Å². The number of nitrogens with zero attached hydrogens (tertiary/aromatic N) is 2. The number of hydrogen-bond donors (Lipinski definition) is 1. The van der Waals surface area contributed by atoms with E-state index >= 15 is 0 Å². The van der Waals surface area contributed by atoms with Gasteiger partial charge in [-0.05, 0) is 30.5 Å². The van der Waals surface area contributed by atoms with Gasteiger partial charge in [-0.2, -0.15) is 0 Å². The molecular weight excluding hydrogens is 414 g/mol. The molecule has 0 bridgehead atoms. The lowest BCUT2D eigenvalue weighted by atomic mass is 10.1. The molecule has 3 rings (SSSR count). The molecule has 1 fully saturated rings. The van der Waals surface area contributed by atoms with Crippen LogP contribution < -0.4 is 19.7 Å². The van der Waals surface area contributed by atoms with Crippen molar-refractivity contribution in [3.05, 3.63) is 57.6 Å². The van der Waals surface area contributed by atoms with Gasteiger partial charge in [0.25, 0.3) is 5.69 Å². The number of nitrogens with one attached hydrogen (secondary N) is 1. The molecule has 0 saturated carbocycles. The number of methoxy groups -OCH3 is 2. The smallest absolute Gasteiger partial charge is 0.276 e. The van der Waals surface area contributed by atoms with Crippen molar-refractivity contribution in [1.82, 2.24) is 5.32 Å². The number of carbonyl (C=O) groups excluding carboxylic acids is 2. The topological polar surface area (TPSA) is 111 Å². The van der Waals surface area contributed by atoms with E-state index in [4.69, 9.17) is 9.47 Å². The van der Waals surface area contributed by atoms with Gasteiger partial charge in [-0.3, -0.25) is 19.7 Å². The predicted molar refractivity (Wildman–Crippen MR) is 119 cm³/mol. The first-order valence-corrected chi connectivity index (χ1v) is 10.4. The second kappa shape index (κ2) is 10.1. The molecule has 1 aliphatic heterocycles. The average Bonchev–Trinajstić information content (AvgIpc) is 3.19. The number of carbonyl (C=O) groups is 2.